The zero-order chi connectivity index (χ0) is 20.1. The minimum atomic E-state index is -3.33. The van der Waals surface area contributed by atoms with Gasteiger partial charge in [0.1, 0.15) is 0 Å². The number of amides is 1. The highest BCUT2D eigenvalue weighted by Crippen LogP contribution is 2.25. The number of carbonyl (C=O) groups excluding carboxylic acids is 1. The minimum absolute atomic E-state index is 0.00559. The molecule has 3 rings (SSSR count). The number of likely N-dealkylation sites (tertiary alicyclic amines) is 1. The summed E-state index contributed by atoms with van der Waals surface area (Å²) in [5.74, 6) is 0.0927. The van der Waals surface area contributed by atoms with Gasteiger partial charge in [-0.3, -0.25) is 14.7 Å². The van der Waals surface area contributed by atoms with Crippen molar-refractivity contribution in [1.82, 2.24) is 23.8 Å². The van der Waals surface area contributed by atoms with E-state index in [1.54, 1.807) is 30.8 Å². The number of aromatic nitrogens is 1. The monoisotopic (exact) mass is 409 g/mol. The van der Waals surface area contributed by atoms with E-state index in [9.17, 15) is 13.2 Å². The molecule has 28 heavy (non-hydrogen) atoms. The first-order chi connectivity index (χ1) is 13.4. The molecule has 156 valence electrons. The van der Waals surface area contributed by atoms with Crippen LogP contribution in [-0.2, 0) is 21.5 Å². The lowest BCUT2D eigenvalue weighted by Gasteiger charge is -2.42. The number of hydrogen-bond donors (Lipinski definition) is 1. The fourth-order valence-corrected chi connectivity index (χ4v) is 5.19. The maximum absolute atomic E-state index is 12.6. The Kier molecular flexibility index (Phi) is 7.03. The molecule has 1 amide bonds. The van der Waals surface area contributed by atoms with Crippen molar-refractivity contribution in [1.29, 1.82) is 0 Å². The van der Waals surface area contributed by atoms with Crippen molar-refractivity contribution < 1.29 is 13.2 Å². The molecule has 0 aliphatic carbocycles. The van der Waals surface area contributed by atoms with Gasteiger partial charge in [0, 0.05) is 58.7 Å². The average Bonchev–Trinajstić information content (AvgIpc) is 2.73. The topological polar surface area (TPSA) is 85.9 Å². The lowest BCUT2D eigenvalue weighted by Crippen LogP contribution is -2.52. The highest BCUT2D eigenvalue weighted by Gasteiger charge is 2.34. The molecule has 0 bridgehead atoms. The summed E-state index contributed by atoms with van der Waals surface area (Å²) in [5.41, 5.74) is 0.998. The number of nitrogens with zero attached hydrogens (tertiary/aromatic N) is 4. The van der Waals surface area contributed by atoms with Crippen LogP contribution in [0.15, 0.2) is 24.5 Å². The molecule has 8 nitrogen and oxygen atoms in total. The van der Waals surface area contributed by atoms with E-state index in [2.05, 4.69) is 15.2 Å². The number of hydrogen-bond acceptors (Lipinski definition) is 5. The molecule has 0 unspecified atom stereocenters. The molecule has 0 spiro atoms. The van der Waals surface area contributed by atoms with Gasteiger partial charge in [0.25, 0.3) is 10.2 Å². The third-order valence-electron chi connectivity index (χ3n) is 5.74. The third kappa shape index (κ3) is 5.08. The maximum Gasteiger partial charge on any atom is 0.281 e. The van der Waals surface area contributed by atoms with E-state index in [0.717, 1.165) is 44.3 Å². The van der Waals surface area contributed by atoms with Crippen LogP contribution in [0.2, 0.25) is 0 Å². The van der Waals surface area contributed by atoms with Crippen LogP contribution >= 0.6 is 0 Å². The average molecular weight is 410 g/mol. The van der Waals surface area contributed by atoms with Gasteiger partial charge >= 0.3 is 0 Å². The van der Waals surface area contributed by atoms with Crippen molar-refractivity contribution in [2.45, 2.75) is 38.3 Å². The second-order valence-corrected chi connectivity index (χ2v) is 9.98. The van der Waals surface area contributed by atoms with Gasteiger partial charge in [-0.25, -0.2) is 0 Å². The van der Waals surface area contributed by atoms with Crippen molar-refractivity contribution in [3.63, 3.8) is 0 Å². The van der Waals surface area contributed by atoms with Crippen LogP contribution in [0, 0.1) is 5.92 Å². The first kappa shape index (κ1) is 21.2. The number of pyridine rings is 1. The highest BCUT2D eigenvalue weighted by atomic mass is 32.2. The summed E-state index contributed by atoms with van der Waals surface area (Å²) in [6.45, 7) is 3.32. The Morgan fingerprint density at radius 3 is 2.64 bits per heavy atom. The molecule has 0 saturated carbocycles. The van der Waals surface area contributed by atoms with Gasteiger partial charge in [0.05, 0.1) is 5.92 Å². The van der Waals surface area contributed by atoms with Gasteiger partial charge in [-0.05, 0) is 43.9 Å². The molecule has 0 aromatic carbocycles. The molecule has 2 saturated heterocycles. The van der Waals surface area contributed by atoms with Crippen molar-refractivity contribution in [2.75, 3.05) is 40.3 Å². The Labute approximate surface area is 168 Å². The Morgan fingerprint density at radius 1 is 1.25 bits per heavy atom. The summed E-state index contributed by atoms with van der Waals surface area (Å²) in [4.78, 5) is 19.1. The molecular formula is C19H31N5O3S. The predicted molar refractivity (Wildman–Crippen MR) is 108 cm³/mol. The SMILES string of the molecule is CN(C)S(=O)(=O)N1CCC(N2CCC[C@@H](C(=O)NCc3cccnc3)C2)CC1. The van der Waals surface area contributed by atoms with Gasteiger partial charge in [0.15, 0.2) is 0 Å². The van der Waals surface area contributed by atoms with Crippen LogP contribution in [-0.4, -0.2) is 79.1 Å². The molecule has 2 aliphatic heterocycles. The van der Waals surface area contributed by atoms with E-state index in [1.807, 2.05) is 12.1 Å². The van der Waals surface area contributed by atoms with Crippen LogP contribution in [0.25, 0.3) is 0 Å². The summed E-state index contributed by atoms with van der Waals surface area (Å²) in [6.07, 6.45) is 7.03. The summed E-state index contributed by atoms with van der Waals surface area (Å²) < 4.78 is 27.4. The van der Waals surface area contributed by atoms with Gasteiger partial charge in [-0.2, -0.15) is 17.0 Å². The normalized spacial score (nSPS) is 23.0. The molecule has 2 aliphatic rings. The summed E-state index contributed by atoms with van der Waals surface area (Å²) >= 11 is 0. The van der Waals surface area contributed by atoms with E-state index < -0.39 is 10.2 Å². The standard InChI is InChI=1S/C19H31N5O3S/c1-22(2)28(26,27)24-11-7-18(8-12-24)23-10-4-6-17(15-23)19(25)21-14-16-5-3-9-20-13-16/h3,5,9,13,17-18H,4,6-8,10-12,14-15H2,1-2H3,(H,21,25)/t17-/m1/s1. The van der Waals surface area contributed by atoms with E-state index in [4.69, 9.17) is 0 Å². The lowest BCUT2D eigenvalue weighted by molar-refractivity contribution is -0.127. The second-order valence-electron chi connectivity index (χ2n) is 7.83. The number of nitrogens with one attached hydrogen (secondary N) is 1. The zero-order valence-electron chi connectivity index (χ0n) is 16.7. The minimum Gasteiger partial charge on any atom is -0.352 e. The largest absolute Gasteiger partial charge is 0.352 e. The zero-order valence-corrected chi connectivity index (χ0v) is 17.6. The van der Waals surface area contributed by atoms with Crippen LogP contribution in [0.4, 0.5) is 0 Å². The molecule has 9 heteroatoms. The molecule has 1 atom stereocenters. The van der Waals surface area contributed by atoms with Crippen molar-refractivity contribution in [2.24, 2.45) is 5.92 Å². The molecular weight excluding hydrogens is 378 g/mol. The second kappa shape index (κ2) is 9.30. The number of carbonyl (C=O) groups is 1. The Bertz CT molecular complexity index is 748. The quantitative estimate of drug-likeness (QED) is 0.747. The first-order valence-electron chi connectivity index (χ1n) is 9.96. The first-order valence-corrected chi connectivity index (χ1v) is 11.4. The maximum atomic E-state index is 12.6. The van der Waals surface area contributed by atoms with Crippen LogP contribution in [0.3, 0.4) is 0 Å². The summed E-state index contributed by atoms with van der Waals surface area (Å²) in [7, 11) is -0.193. The van der Waals surface area contributed by atoms with Gasteiger partial charge in [-0.1, -0.05) is 6.07 Å². The summed E-state index contributed by atoms with van der Waals surface area (Å²) in [6, 6.07) is 4.17. The molecule has 0 radical (unpaired) electrons. The van der Waals surface area contributed by atoms with Crippen LogP contribution in [0.5, 0.6) is 0 Å². The predicted octanol–water partition coefficient (Wildman–Crippen LogP) is 0.681. The van der Waals surface area contributed by atoms with E-state index >= 15 is 0 Å². The third-order valence-corrected chi connectivity index (χ3v) is 7.68. The highest BCUT2D eigenvalue weighted by molar-refractivity contribution is 7.86. The fourth-order valence-electron chi connectivity index (χ4n) is 4.06. The molecule has 1 aromatic rings. The van der Waals surface area contributed by atoms with E-state index in [-0.39, 0.29) is 11.8 Å². The Balaban J connectivity index is 1.49. The molecule has 1 N–H and O–H groups in total. The van der Waals surface area contributed by atoms with Gasteiger partial charge in [0.2, 0.25) is 5.91 Å². The van der Waals surface area contributed by atoms with Gasteiger partial charge in [-0.15, -0.1) is 0 Å². The number of piperidine rings is 2. The molecule has 2 fully saturated rings. The lowest BCUT2D eigenvalue weighted by atomic mass is 9.93. The number of rotatable bonds is 6. The van der Waals surface area contributed by atoms with Crippen molar-refractivity contribution >= 4 is 16.1 Å². The fraction of sp³-hybridized carbons (Fsp3) is 0.684. The Morgan fingerprint density at radius 2 is 2.00 bits per heavy atom. The molecule has 1 aromatic heterocycles. The van der Waals surface area contributed by atoms with E-state index in [1.165, 1.54) is 4.31 Å². The van der Waals surface area contributed by atoms with Crippen molar-refractivity contribution in [3.8, 4) is 0 Å². The Hall–Kier alpha value is -1.55. The van der Waals surface area contributed by atoms with Crippen LogP contribution in [0.1, 0.15) is 31.2 Å². The van der Waals surface area contributed by atoms with Crippen LogP contribution < -0.4 is 5.32 Å². The molecule has 3 heterocycles. The van der Waals surface area contributed by atoms with Crippen molar-refractivity contribution in [3.05, 3.63) is 30.1 Å². The summed E-state index contributed by atoms with van der Waals surface area (Å²) in [5, 5.41) is 3.03. The van der Waals surface area contributed by atoms with E-state index in [0.29, 0.717) is 25.7 Å². The smallest absolute Gasteiger partial charge is 0.281 e. The van der Waals surface area contributed by atoms with Gasteiger partial charge < -0.3 is 5.32 Å².